The number of hydrogen-bond donors (Lipinski definition) is 5. The summed E-state index contributed by atoms with van der Waals surface area (Å²) in [5.74, 6) is -4.63. The lowest BCUT2D eigenvalue weighted by Crippen LogP contribution is -2.58. The Morgan fingerprint density at radius 3 is 2.12 bits per heavy atom. The molecule has 3 heterocycles. The number of nitrogens with zero attached hydrogens (tertiary/aromatic N) is 1. The molecule has 14 atom stereocenters. The van der Waals surface area contributed by atoms with E-state index in [1.165, 1.54) is 31.2 Å². The van der Waals surface area contributed by atoms with E-state index in [-0.39, 0.29) is 58.7 Å². The zero-order valence-electron chi connectivity index (χ0n) is 33.1. The van der Waals surface area contributed by atoms with Gasteiger partial charge in [-0.25, -0.2) is 0 Å². The number of rotatable bonds is 8. The lowest BCUT2D eigenvalue weighted by molar-refractivity contribution is -0.328. The van der Waals surface area contributed by atoms with E-state index >= 15 is 0 Å². The van der Waals surface area contributed by atoms with Gasteiger partial charge in [0.15, 0.2) is 24.7 Å². The van der Waals surface area contributed by atoms with Gasteiger partial charge < -0.3 is 63.6 Å². The number of ketones is 2. The van der Waals surface area contributed by atoms with Crippen LogP contribution in [0, 0.1) is 0 Å². The number of benzene rings is 2. The van der Waals surface area contributed by atoms with Crippen LogP contribution < -0.4 is 0 Å². The van der Waals surface area contributed by atoms with Gasteiger partial charge in [-0.3, -0.25) is 14.4 Å². The van der Waals surface area contributed by atoms with Crippen LogP contribution in [-0.4, -0.2) is 142 Å². The molecular weight excluding hydrogens is 746 g/mol. The van der Waals surface area contributed by atoms with Gasteiger partial charge in [-0.2, -0.15) is 0 Å². The van der Waals surface area contributed by atoms with Gasteiger partial charge in [-0.15, -0.1) is 0 Å². The van der Waals surface area contributed by atoms with E-state index in [2.05, 4.69) is 0 Å². The van der Waals surface area contributed by atoms with Crippen molar-refractivity contribution in [1.29, 1.82) is 0 Å². The van der Waals surface area contributed by atoms with Crippen molar-refractivity contribution in [3.8, 4) is 11.5 Å². The molecule has 2 aromatic rings. The molecule has 0 radical (unpaired) electrons. The molecule has 3 aliphatic heterocycles. The maximum Gasteiger partial charge on any atom is 0.316 e. The highest BCUT2D eigenvalue weighted by Gasteiger charge is 2.52. The molecule has 11 unspecified atom stereocenters. The minimum Gasteiger partial charge on any atom is -0.507 e. The Kier molecular flexibility index (Phi) is 11.6. The number of methoxy groups -OCH3 is 1. The Hall–Kier alpha value is -3.55. The van der Waals surface area contributed by atoms with Gasteiger partial charge in [0, 0.05) is 48.4 Å². The molecule has 3 fully saturated rings. The molecule has 0 saturated carbocycles. The molecule has 5 aliphatic rings. The highest BCUT2D eigenvalue weighted by Crippen LogP contribution is 2.53. The largest absolute Gasteiger partial charge is 0.507 e. The van der Waals surface area contributed by atoms with Crippen molar-refractivity contribution >= 4 is 17.5 Å². The number of aliphatic hydroxyl groups excluding tert-OH is 2. The highest BCUT2D eigenvalue weighted by molar-refractivity contribution is 6.30. The van der Waals surface area contributed by atoms with Gasteiger partial charge >= 0.3 is 5.97 Å². The SMILES string of the molecule is COC(=O)[C@@H]1c2cc3c(c(O)c2[C@@H](OC2CC(N(C)C)C(OC4CC(O)C(OC5CCC(O)C(C)O5)C(C)O4)C(C)O2)C[C@@]1(C)O)C(=O)c1c(O)cccc1C3=O. The first-order chi connectivity index (χ1) is 26.9. The first-order valence-corrected chi connectivity index (χ1v) is 19.5. The van der Waals surface area contributed by atoms with Crippen LogP contribution in [0.1, 0.15) is 115 Å². The van der Waals surface area contributed by atoms with E-state index in [1.54, 1.807) is 13.8 Å². The quantitative estimate of drug-likeness (QED) is 0.207. The van der Waals surface area contributed by atoms with Crippen molar-refractivity contribution in [2.75, 3.05) is 21.2 Å². The van der Waals surface area contributed by atoms with Gasteiger partial charge in [0.05, 0.1) is 60.5 Å². The van der Waals surface area contributed by atoms with Crippen molar-refractivity contribution in [3.63, 3.8) is 0 Å². The fourth-order valence-electron chi connectivity index (χ4n) is 9.16. The summed E-state index contributed by atoms with van der Waals surface area (Å²) in [5.41, 5.74) is -2.56. The standard InChI is InChI=1S/C41H53NO15/c1-17-24(43)11-12-28(52-17)56-39-19(3)54-30(15-26(39)45)57-38-18(2)53-29(14-23(38)42(5)6)55-27-16-41(4,50)34(40(49)51-7)21-13-22-33(37(48)32(21)27)36(47)31-20(35(22)46)9-8-10-25(31)44/h8-10,13,17-19,23-24,26-30,34,38-39,43-45,48,50H,11-12,14-16H2,1-7H3/t17?,18?,19?,23?,24?,26?,27-,28?,29?,30?,34-,38?,39?,41+/m0/s1. The number of carbonyl (C=O) groups excluding carboxylic acids is 3. The van der Waals surface area contributed by atoms with Gasteiger partial charge in [0.1, 0.15) is 29.6 Å². The molecule has 3 saturated heterocycles. The molecule has 312 valence electrons. The number of phenolic OH excluding ortho intramolecular Hbond substituents is 2. The highest BCUT2D eigenvalue weighted by atomic mass is 16.7. The summed E-state index contributed by atoms with van der Waals surface area (Å²) in [7, 11) is 4.91. The third-order valence-corrected chi connectivity index (χ3v) is 12.1. The van der Waals surface area contributed by atoms with Crippen LogP contribution in [0.5, 0.6) is 11.5 Å². The lowest BCUT2D eigenvalue weighted by Gasteiger charge is -2.48. The van der Waals surface area contributed by atoms with Crippen molar-refractivity contribution in [2.45, 2.75) is 145 Å². The Balaban J connectivity index is 1.12. The molecule has 0 bridgehead atoms. The first-order valence-electron chi connectivity index (χ1n) is 19.5. The topological polar surface area (TPSA) is 220 Å². The zero-order valence-corrected chi connectivity index (χ0v) is 33.1. The molecule has 0 amide bonds. The predicted molar refractivity (Wildman–Crippen MR) is 198 cm³/mol. The van der Waals surface area contributed by atoms with Crippen molar-refractivity contribution in [1.82, 2.24) is 4.90 Å². The second-order valence-electron chi connectivity index (χ2n) is 16.4. The molecule has 5 N–H and O–H groups in total. The first kappa shape index (κ1) is 41.6. The summed E-state index contributed by atoms with van der Waals surface area (Å²) >= 11 is 0. The molecule has 0 aromatic heterocycles. The number of carbonyl (C=O) groups is 3. The van der Waals surface area contributed by atoms with E-state index < -0.39 is 108 Å². The molecule has 57 heavy (non-hydrogen) atoms. The average Bonchev–Trinajstić information content (AvgIpc) is 3.13. The van der Waals surface area contributed by atoms with Crippen LogP contribution in [0.25, 0.3) is 0 Å². The monoisotopic (exact) mass is 799 g/mol. The maximum atomic E-state index is 13.9. The number of aromatic hydroxyl groups is 2. The van der Waals surface area contributed by atoms with Crippen LogP contribution >= 0.6 is 0 Å². The smallest absolute Gasteiger partial charge is 0.316 e. The summed E-state index contributed by atoms with van der Waals surface area (Å²) in [6, 6.07) is 5.09. The normalized spacial score (nSPS) is 38.0. The van der Waals surface area contributed by atoms with E-state index in [1.807, 2.05) is 25.9 Å². The lowest BCUT2D eigenvalue weighted by atomic mass is 9.68. The molecule has 2 aliphatic carbocycles. The predicted octanol–water partition coefficient (Wildman–Crippen LogP) is 2.56. The Bertz CT molecular complexity index is 1870. The van der Waals surface area contributed by atoms with E-state index in [0.717, 1.165) is 7.11 Å². The van der Waals surface area contributed by atoms with Crippen LogP contribution in [-0.2, 0) is 38.0 Å². The molecule has 2 aromatic carbocycles. The number of hydrogen-bond acceptors (Lipinski definition) is 16. The second kappa shape index (κ2) is 15.9. The minimum absolute atomic E-state index is 0.0198. The number of esters is 1. The van der Waals surface area contributed by atoms with Crippen molar-refractivity contribution < 1.29 is 73.1 Å². The zero-order chi connectivity index (χ0) is 41.2. The molecule has 16 heteroatoms. The number of aliphatic hydroxyl groups is 3. The maximum absolute atomic E-state index is 13.9. The van der Waals surface area contributed by atoms with Crippen LogP contribution in [0.3, 0.4) is 0 Å². The Morgan fingerprint density at radius 2 is 1.47 bits per heavy atom. The van der Waals surface area contributed by atoms with Crippen molar-refractivity contribution in [3.05, 3.63) is 57.6 Å². The van der Waals surface area contributed by atoms with E-state index in [0.29, 0.717) is 12.8 Å². The van der Waals surface area contributed by atoms with Crippen LogP contribution in [0.2, 0.25) is 0 Å². The van der Waals surface area contributed by atoms with Gasteiger partial charge in [-0.05, 0) is 65.9 Å². The second-order valence-corrected chi connectivity index (χ2v) is 16.4. The summed E-state index contributed by atoms with van der Waals surface area (Å²) in [4.78, 5) is 42.8. The number of likely N-dealkylation sites (N-methyl/N-ethyl adjacent to an activating group) is 1. The minimum atomic E-state index is -1.80. The summed E-state index contributed by atoms with van der Waals surface area (Å²) in [5, 5.41) is 55.5. The third-order valence-electron chi connectivity index (χ3n) is 12.1. The molecule has 16 nitrogen and oxygen atoms in total. The summed E-state index contributed by atoms with van der Waals surface area (Å²) in [6.45, 7) is 6.81. The Labute approximate surface area is 330 Å². The fraction of sp³-hybridized carbons (Fsp3) is 0.634. The fourth-order valence-corrected chi connectivity index (χ4v) is 9.16. The van der Waals surface area contributed by atoms with Crippen LogP contribution in [0.15, 0.2) is 24.3 Å². The van der Waals surface area contributed by atoms with Gasteiger partial charge in [0.2, 0.25) is 5.78 Å². The number of fused-ring (bicyclic) bond motifs is 3. The molecule has 0 spiro atoms. The molecular formula is C41H53NO15. The summed E-state index contributed by atoms with van der Waals surface area (Å²) < 4.78 is 42.6. The van der Waals surface area contributed by atoms with Gasteiger partial charge in [-0.1, -0.05) is 12.1 Å². The molecule has 7 rings (SSSR count). The Morgan fingerprint density at radius 1 is 0.825 bits per heavy atom. The average molecular weight is 800 g/mol. The van der Waals surface area contributed by atoms with Gasteiger partial charge in [0.25, 0.3) is 0 Å². The number of phenols is 2. The van der Waals surface area contributed by atoms with E-state index in [9.17, 15) is 39.9 Å². The number of ether oxygens (including phenoxy) is 7. The van der Waals surface area contributed by atoms with Crippen molar-refractivity contribution in [2.24, 2.45) is 0 Å². The third kappa shape index (κ3) is 7.61. The van der Waals surface area contributed by atoms with E-state index in [4.69, 9.17) is 33.2 Å². The van der Waals surface area contributed by atoms with Crippen LogP contribution in [0.4, 0.5) is 0 Å². The summed E-state index contributed by atoms with van der Waals surface area (Å²) in [6.07, 6.45) is -6.61.